The van der Waals surface area contributed by atoms with E-state index in [4.69, 9.17) is 14.5 Å². The van der Waals surface area contributed by atoms with Gasteiger partial charge in [-0.1, -0.05) is 58.0 Å². The van der Waals surface area contributed by atoms with Crippen LogP contribution in [-0.4, -0.2) is 33.3 Å². The zero-order chi connectivity index (χ0) is 31.5. The Morgan fingerprint density at radius 1 is 1.00 bits per heavy atom. The number of carbonyl (C=O) groups is 1. The first-order valence-electron chi connectivity index (χ1n) is 14.7. The molecule has 0 saturated heterocycles. The van der Waals surface area contributed by atoms with E-state index in [-0.39, 0.29) is 34.3 Å². The fraction of sp³-hybridized carbons (Fsp3) is 0.333. The van der Waals surface area contributed by atoms with Crippen molar-refractivity contribution in [1.29, 1.82) is 0 Å². The number of pyridine rings is 2. The fourth-order valence-electron chi connectivity index (χ4n) is 5.47. The summed E-state index contributed by atoms with van der Waals surface area (Å²) in [5.41, 5.74) is 4.33. The topological polar surface area (TPSA) is 96.7 Å². The number of hydrogen-bond donors (Lipinski definition) is 0. The average Bonchev–Trinajstić information content (AvgIpc) is 3.27. The first-order chi connectivity index (χ1) is 21.0. The Kier molecular flexibility index (Phi) is 11.2. The standard InChI is InChI=1S/C36H39N3O4S.Na/c1-23(34(40)41)20-36(5)33(44-35(2,3)4)32-28(30(16-15-29(32)39-36)43-22-27-9-7-8-18-37-27)19-24-10-12-25(13-11-24)26-14-17-31(42-6)38-21-26;/h7-18,21,23H,19-20,22H2,1-6H3,(H,40,41);/q;+1/p-1. The molecule has 228 valence electrons. The summed E-state index contributed by atoms with van der Waals surface area (Å²) in [6.07, 6.45) is 4.52. The van der Waals surface area contributed by atoms with Crippen molar-refractivity contribution in [1.82, 2.24) is 9.97 Å². The molecule has 2 aromatic heterocycles. The maximum atomic E-state index is 11.8. The van der Waals surface area contributed by atoms with Crippen LogP contribution >= 0.6 is 11.8 Å². The van der Waals surface area contributed by atoms with E-state index in [1.807, 2.05) is 55.6 Å². The van der Waals surface area contributed by atoms with Crippen LogP contribution in [0.4, 0.5) is 0 Å². The Bertz CT molecular complexity index is 1760. The number of nitrogens with zero attached hydrogens (tertiary/aromatic N) is 3. The van der Waals surface area contributed by atoms with E-state index in [2.05, 4.69) is 55.0 Å². The van der Waals surface area contributed by atoms with Crippen molar-refractivity contribution in [2.24, 2.45) is 10.9 Å². The van der Waals surface area contributed by atoms with Gasteiger partial charge in [0.1, 0.15) is 12.4 Å². The minimum atomic E-state index is -1.07. The molecule has 1 aliphatic rings. The van der Waals surface area contributed by atoms with Crippen molar-refractivity contribution >= 4 is 22.6 Å². The number of ether oxygens (including phenoxy) is 2. The molecule has 4 aromatic rings. The molecule has 0 N–H and O–H groups in total. The smallest absolute Gasteiger partial charge is 0.550 e. The quantitative estimate of drug-likeness (QED) is 0.234. The summed E-state index contributed by atoms with van der Waals surface area (Å²) in [6.45, 7) is 10.6. The van der Waals surface area contributed by atoms with Gasteiger partial charge < -0.3 is 19.4 Å². The molecule has 1 aliphatic heterocycles. The van der Waals surface area contributed by atoms with Crippen LogP contribution in [0.1, 0.15) is 57.9 Å². The first kappa shape index (κ1) is 34.7. The van der Waals surface area contributed by atoms with E-state index in [9.17, 15) is 9.90 Å². The minimum absolute atomic E-state index is 0. The maximum absolute atomic E-state index is 11.8. The van der Waals surface area contributed by atoms with Crippen molar-refractivity contribution < 1.29 is 48.9 Å². The second-order valence-electron chi connectivity index (χ2n) is 12.4. The van der Waals surface area contributed by atoms with Crippen LogP contribution in [0.25, 0.3) is 16.0 Å². The molecule has 9 heteroatoms. The Morgan fingerprint density at radius 2 is 1.73 bits per heavy atom. The molecule has 0 saturated carbocycles. The Labute approximate surface area is 291 Å². The number of fused-ring (bicyclic) bond motifs is 1. The van der Waals surface area contributed by atoms with Gasteiger partial charge in [0.2, 0.25) is 5.88 Å². The molecule has 0 bridgehead atoms. The molecule has 0 radical (unpaired) electrons. The normalized spacial score (nSPS) is 16.3. The largest absolute Gasteiger partial charge is 1.00 e. The summed E-state index contributed by atoms with van der Waals surface area (Å²) in [6, 6.07) is 22.0. The van der Waals surface area contributed by atoms with E-state index in [0.29, 0.717) is 25.3 Å². The number of thioether (sulfide) groups is 1. The number of aliphatic carboxylic acids is 1. The second kappa shape index (κ2) is 14.5. The van der Waals surface area contributed by atoms with Crippen molar-refractivity contribution in [3.8, 4) is 22.8 Å². The minimum Gasteiger partial charge on any atom is -0.550 e. The van der Waals surface area contributed by atoms with Crippen LogP contribution in [0, 0.1) is 5.92 Å². The van der Waals surface area contributed by atoms with Crippen LogP contribution in [0.15, 0.2) is 84.1 Å². The number of carbonyl (C=O) groups excluding carboxylic acids is 1. The fourth-order valence-corrected chi connectivity index (χ4v) is 6.76. The Hall–Kier alpha value is -3.17. The Morgan fingerprint density at radius 3 is 2.33 bits per heavy atom. The van der Waals surface area contributed by atoms with Gasteiger partial charge in [0, 0.05) is 56.8 Å². The number of rotatable bonds is 11. The molecule has 0 amide bonds. The third-order valence-electron chi connectivity index (χ3n) is 7.56. The van der Waals surface area contributed by atoms with Crippen LogP contribution in [0.2, 0.25) is 0 Å². The van der Waals surface area contributed by atoms with Crippen molar-refractivity contribution in [2.45, 2.75) is 64.4 Å². The molecule has 0 fully saturated rings. The molecule has 2 atom stereocenters. The summed E-state index contributed by atoms with van der Waals surface area (Å²) in [7, 11) is 1.61. The van der Waals surface area contributed by atoms with E-state index < -0.39 is 17.4 Å². The summed E-state index contributed by atoms with van der Waals surface area (Å²) < 4.78 is 11.5. The number of aromatic nitrogens is 2. The Balaban J connectivity index is 0.00000461. The van der Waals surface area contributed by atoms with Crippen molar-refractivity contribution in [3.63, 3.8) is 0 Å². The molecule has 45 heavy (non-hydrogen) atoms. The molecular weight excluding hydrogens is 593 g/mol. The van der Waals surface area contributed by atoms with Crippen LogP contribution < -0.4 is 54.7 Å². The number of carboxylic acids is 1. The van der Waals surface area contributed by atoms with Crippen LogP contribution in [0.3, 0.4) is 0 Å². The van der Waals surface area contributed by atoms with E-state index in [0.717, 1.165) is 49.2 Å². The summed E-state index contributed by atoms with van der Waals surface area (Å²) in [5.74, 6) is -0.383. The molecule has 3 heterocycles. The maximum Gasteiger partial charge on any atom is 1.00 e. The molecular formula is C36H38N3NaO4S. The van der Waals surface area contributed by atoms with E-state index >= 15 is 0 Å². The molecule has 0 aliphatic carbocycles. The van der Waals surface area contributed by atoms with Gasteiger partial charge in [-0.15, -0.1) is 11.8 Å². The summed E-state index contributed by atoms with van der Waals surface area (Å²) in [5, 5.41) is 13.7. The zero-order valence-electron chi connectivity index (χ0n) is 27.1. The molecule has 7 nitrogen and oxygen atoms in total. The van der Waals surface area contributed by atoms with Crippen molar-refractivity contribution in [3.05, 3.63) is 107 Å². The van der Waals surface area contributed by atoms with Gasteiger partial charge in [-0.2, -0.15) is 0 Å². The number of methoxy groups -OCH3 is 1. The summed E-state index contributed by atoms with van der Waals surface area (Å²) >= 11 is 1.74. The third-order valence-corrected chi connectivity index (χ3v) is 9.02. The predicted molar refractivity (Wildman–Crippen MR) is 173 cm³/mol. The molecule has 2 aromatic carbocycles. The number of carboxylic acid groups (broad SMARTS) is 1. The van der Waals surface area contributed by atoms with Crippen LogP contribution in [-0.2, 0) is 17.8 Å². The van der Waals surface area contributed by atoms with Gasteiger partial charge >= 0.3 is 29.6 Å². The molecule has 2 unspecified atom stereocenters. The van der Waals surface area contributed by atoms with E-state index in [1.165, 1.54) is 0 Å². The SMILES string of the molecule is COc1ccc(-c2ccc(Cc3c(OCc4ccccn4)ccc4c3=C(SC(C)(C)C)C(C)(CC(C)C(=O)[O-])N=4)cc2)cn1.[Na+]. The zero-order valence-corrected chi connectivity index (χ0v) is 29.9. The van der Waals surface area contributed by atoms with Crippen LogP contribution in [0.5, 0.6) is 11.6 Å². The molecule has 0 spiro atoms. The first-order valence-corrected chi connectivity index (χ1v) is 15.6. The molecule has 5 rings (SSSR count). The number of hydrogen-bond acceptors (Lipinski definition) is 8. The summed E-state index contributed by atoms with van der Waals surface area (Å²) in [4.78, 5) is 26.8. The van der Waals surface area contributed by atoms with Gasteiger partial charge in [-0.25, -0.2) is 4.98 Å². The third kappa shape index (κ3) is 8.36. The second-order valence-corrected chi connectivity index (χ2v) is 14.2. The van der Waals surface area contributed by atoms with Gasteiger partial charge in [0.05, 0.1) is 23.7 Å². The number of benzene rings is 2. The van der Waals surface area contributed by atoms with Crippen molar-refractivity contribution in [2.75, 3.05) is 7.11 Å². The monoisotopic (exact) mass is 631 g/mol. The van der Waals surface area contributed by atoms with E-state index in [1.54, 1.807) is 32.0 Å². The average molecular weight is 632 g/mol. The van der Waals surface area contributed by atoms with Gasteiger partial charge in [-0.3, -0.25) is 9.98 Å². The van der Waals surface area contributed by atoms with Gasteiger partial charge in [0.25, 0.3) is 0 Å². The predicted octanol–water partition coefficient (Wildman–Crippen LogP) is 2.13. The van der Waals surface area contributed by atoms with Gasteiger partial charge in [-0.05, 0) is 60.7 Å². The van der Waals surface area contributed by atoms with Gasteiger partial charge in [0.15, 0.2) is 0 Å².